The lowest BCUT2D eigenvalue weighted by atomic mass is 10.0. The maximum Gasteiger partial charge on any atom is 0.269 e. The molecule has 0 radical (unpaired) electrons. The van der Waals surface area contributed by atoms with E-state index in [1.807, 2.05) is 30.3 Å². The summed E-state index contributed by atoms with van der Waals surface area (Å²) in [5.74, 6) is -0.159. The van der Waals surface area contributed by atoms with Crippen LogP contribution in [0.5, 0.6) is 0 Å². The van der Waals surface area contributed by atoms with Crippen LogP contribution in [0.15, 0.2) is 60.8 Å². The van der Waals surface area contributed by atoms with E-state index < -0.39 is 4.92 Å². The first-order chi connectivity index (χ1) is 11.1. The largest absolute Gasteiger partial charge is 0.293 e. The zero-order chi connectivity index (χ0) is 16.4. The fraction of sp³-hybridized carbons (Fsp3) is 0.0588. The highest BCUT2D eigenvalue weighted by atomic mass is 16.6. The van der Waals surface area contributed by atoms with Crippen molar-refractivity contribution in [2.75, 3.05) is 0 Å². The molecule has 1 aromatic heterocycles. The number of rotatable bonds is 4. The van der Waals surface area contributed by atoms with Crippen LogP contribution < -0.4 is 0 Å². The molecule has 0 N–H and O–H groups in total. The molecule has 1 heterocycles. The van der Waals surface area contributed by atoms with Gasteiger partial charge in [0.15, 0.2) is 5.78 Å². The Kier molecular flexibility index (Phi) is 3.72. The number of benzene rings is 2. The van der Waals surface area contributed by atoms with Crippen LogP contribution in [-0.2, 0) is 0 Å². The highest BCUT2D eigenvalue weighted by molar-refractivity contribution is 5.99. The second kappa shape index (κ2) is 5.84. The van der Waals surface area contributed by atoms with E-state index in [9.17, 15) is 14.9 Å². The number of non-ortho nitro benzene ring substituents is 1. The van der Waals surface area contributed by atoms with E-state index in [-0.39, 0.29) is 11.5 Å². The SMILES string of the molecule is CC(=O)c1nn(-c2ccccc2)cc1-c1ccc([N+](=O)[O-])cc1. The Labute approximate surface area is 132 Å². The summed E-state index contributed by atoms with van der Waals surface area (Å²) in [6, 6.07) is 15.5. The minimum Gasteiger partial charge on any atom is -0.293 e. The van der Waals surface area contributed by atoms with Gasteiger partial charge >= 0.3 is 0 Å². The average molecular weight is 307 g/mol. The summed E-state index contributed by atoms with van der Waals surface area (Å²) < 4.78 is 1.63. The van der Waals surface area contributed by atoms with Gasteiger partial charge in [0.1, 0.15) is 5.69 Å². The topological polar surface area (TPSA) is 78.0 Å². The first kappa shape index (κ1) is 14.6. The summed E-state index contributed by atoms with van der Waals surface area (Å²) in [7, 11) is 0. The predicted molar refractivity (Wildman–Crippen MR) is 85.7 cm³/mol. The first-order valence-electron chi connectivity index (χ1n) is 6.97. The summed E-state index contributed by atoms with van der Waals surface area (Å²) in [4.78, 5) is 22.2. The molecule has 0 aliphatic rings. The Bertz CT molecular complexity index is 868. The second-order valence-electron chi connectivity index (χ2n) is 5.03. The van der Waals surface area contributed by atoms with Gasteiger partial charge in [-0.25, -0.2) is 4.68 Å². The zero-order valence-corrected chi connectivity index (χ0v) is 12.3. The molecule has 0 spiro atoms. The molecule has 0 bridgehead atoms. The van der Waals surface area contributed by atoms with Gasteiger partial charge in [-0.3, -0.25) is 14.9 Å². The quantitative estimate of drug-likeness (QED) is 0.419. The van der Waals surface area contributed by atoms with Crippen molar-refractivity contribution in [2.45, 2.75) is 6.92 Å². The van der Waals surface area contributed by atoms with E-state index >= 15 is 0 Å². The lowest BCUT2D eigenvalue weighted by molar-refractivity contribution is -0.384. The number of Topliss-reactive ketones (excluding diaryl/α,β-unsaturated/α-hetero) is 1. The molecule has 6 nitrogen and oxygen atoms in total. The normalized spacial score (nSPS) is 10.5. The number of nitro benzene ring substituents is 1. The van der Waals surface area contributed by atoms with Gasteiger partial charge in [0, 0.05) is 30.8 Å². The van der Waals surface area contributed by atoms with Crippen molar-refractivity contribution in [3.8, 4) is 16.8 Å². The molecule has 23 heavy (non-hydrogen) atoms. The van der Waals surface area contributed by atoms with Gasteiger partial charge in [-0.05, 0) is 29.8 Å². The molecule has 3 rings (SSSR count). The van der Waals surface area contributed by atoms with Crippen molar-refractivity contribution >= 4 is 11.5 Å². The number of hydrogen-bond acceptors (Lipinski definition) is 4. The molecule has 0 aliphatic carbocycles. The van der Waals surface area contributed by atoms with Crippen molar-refractivity contribution < 1.29 is 9.72 Å². The summed E-state index contributed by atoms with van der Waals surface area (Å²) >= 11 is 0. The van der Waals surface area contributed by atoms with Gasteiger partial charge in [-0.15, -0.1) is 0 Å². The number of nitrogens with zero attached hydrogens (tertiary/aromatic N) is 3. The Morgan fingerprint density at radius 2 is 1.74 bits per heavy atom. The van der Waals surface area contributed by atoms with E-state index in [2.05, 4.69) is 5.10 Å². The van der Waals surface area contributed by atoms with Crippen LogP contribution in [0.4, 0.5) is 5.69 Å². The lowest BCUT2D eigenvalue weighted by Gasteiger charge is -1.99. The number of carbonyl (C=O) groups is 1. The van der Waals surface area contributed by atoms with Crippen LogP contribution >= 0.6 is 0 Å². The van der Waals surface area contributed by atoms with Crippen LogP contribution in [0.3, 0.4) is 0 Å². The molecule has 0 saturated heterocycles. The summed E-state index contributed by atoms with van der Waals surface area (Å²) in [6.45, 7) is 1.45. The highest BCUT2D eigenvalue weighted by Gasteiger charge is 2.16. The fourth-order valence-corrected chi connectivity index (χ4v) is 2.32. The standard InChI is InChI=1S/C17H13N3O3/c1-12(21)17-16(13-7-9-15(10-8-13)20(22)23)11-19(18-17)14-5-3-2-4-6-14/h2-11H,1H3. The van der Waals surface area contributed by atoms with Gasteiger partial charge < -0.3 is 0 Å². The molecular formula is C17H13N3O3. The number of para-hydroxylation sites is 1. The van der Waals surface area contributed by atoms with Gasteiger partial charge in [0.25, 0.3) is 5.69 Å². The Morgan fingerprint density at radius 3 is 2.30 bits per heavy atom. The maximum atomic E-state index is 11.9. The molecule has 0 fully saturated rings. The molecule has 3 aromatic rings. The first-order valence-corrected chi connectivity index (χ1v) is 6.97. The number of nitro groups is 1. The summed E-state index contributed by atoms with van der Waals surface area (Å²) in [6.07, 6.45) is 1.76. The third-order valence-corrected chi connectivity index (χ3v) is 3.46. The van der Waals surface area contributed by atoms with Crippen molar-refractivity contribution in [1.29, 1.82) is 0 Å². The van der Waals surface area contributed by atoms with Crippen LogP contribution in [0.2, 0.25) is 0 Å². The average Bonchev–Trinajstić information content (AvgIpc) is 3.01. The summed E-state index contributed by atoms with van der Waals surface area (Å²) in [5.41, 5.74) is 2.54. The van der Waals surface area contributed by atoms with Gasteiger partial charge in [0.05, 0.1) is 10.6 Å². The monoisotopic (exact) mass is 307 g/mol. The van der Waals surface area contributed by atoms with E-state index in [1.54, 1.807) is 23.0 Å². The summed E-state index contributed by atoms with van der Waals surface area (Å²) in [5, 5.41) is 15.1. The van der Waals surface area contributed by atoms with E-state index in [0.717, 1.165) is 5.69 Å². The third-order valence-electron chi connectivity index (χ3n) is 3.46. The van der Waals surface area contributed by atoms with E-state index in [0.29, 0.717) is 16.8 Å². The molecule has 114 valence electrons. The van der Waals surface area contributed by atoms with Crippen LogP contribution in [0, 0.1) is 10.1 Å². The van der Waals surface area contributed by atoms with E-state index in [1.165, 1.54) is 19.1 Å². The Hall–Kier alpha value is -3.28. The molecule has 0 amide bonds. The number of aromatic nitrogens is 2. The minimum atomic E-state index is -0.455. The van der Waals surface area contributed by atoms with Crippen molar-refractivity contribution in [2.24, 2.45) is 0 Å². The second-order valence-corrected chi connectivity index (χ2v) is 5.03. The zero-order valence-electron chi connectivity index (χ0n) is 12.3. The number of hydrogen-bond donors (Lipinski definition) is 0. The van der Waals surface area contributed by atoms with Crippen LogP contribution in [0.25, 0.3) is 16.8 Å². The fourth-order valence-electron chi connectivity index (χ4n) is 2.32. The smallest absolute Gasteiger partial charge is 0.269 e. The molecule has 6 heteroatoms. The molecule has 0 saturated carbocycles. The maximum absolute atomic E-state index is 11.9. The van der Waals surface area contributed by atoms with Gasteiger partial charge in [0.2, 0.25) is 0 Å². The van der Waals surface area contributed by atoms with E-state index in [4.69, 9.17) is 0 Å². The molecule has 0 unspecified atom stereocenters. The van der Waals surface area contributed by atoms with Crippen molar-refractivity contribution in [3.05, 3.63) is 76.6 Å². The Morgan fingerprint density at radius 1 is 1.09 bits per heavy atom. The van der Waals surface area contributed by atoms with Crippen molar-refractivity contribution in [1.82, 2.24) is 9.78 Å². The van der Waals surface area contributed by atoms with Crippen LogP contribution in [-0.4, -0.2) is 20.5 Å². The molecular weight excluding hydrogens is 294 g/mol. The number of carbonyl (C=O) groups excluding carboxylic acids is 1. The van der Waals surface area contributed by atoms with Gasteiger partial charge in [-0.2, -0.15) is 5.10 Å². The molecule has 2 aromatic carbocycles. The van der Waals surface area contributed by atoms with Gasteiger partial charge in [-0.1, -0.05) is 18.2 Å². The molecule has 0 aliphatic heterocycles. The third kappa shape index (κ3) is 2.87. The highest BCUT2D eigenvalue weighted by Crippen LogP contribution is 2.26. The lowest BCUT2D eigenvalue weighted by Crippen LogP contribution is -1.99. The Balaban J connectivity index is 2.09. The minimum absolute atomic E-state index is 0.00794. The molecule has 0 atom stereocenters. The number of ketones is 1. The van der Waals surface area contributed by atoms with Crippen molar-refractivity contribution in [3.63, 3.8) is 0 Å². The van der Waals surface area contributed by atoms with Crippen LogP contribution in [0.1, 0.15) is 17.4 Å². The predicted octanol–water partition coefficient (Wildman–Crippen LogP) is 3.65.